The van der Waals surface area contributed by atoms with Gasteiger partial charge in [-0.05, 0) is 17.7 Å². The van der Waals surface area contributed by atoms with E-state index in [0.717, 1.165) is 0 Å². The van der Waals surface area contributed by atoms with Gasteiger partial charge in [-0.2, -0.15) is 0 Å². The van der Waals surface area contributed by atoms with E-state index in [-0.39, 0.29) is 18.8 Å². The highest BCUT2D eigenvalue weighted by molar-refractivity contribution is 5.87. The highest BCUT2D eigenvalue weighted by Crippen LogP contribution is 2.11. The molecule has 0 aliphatic rings. The summed E-state index contributed by atoms with van der Waals surface area (Å²) >= 11 is 0. The smallest absolute Gasteiger partial charge is 0.326 e. The Morgan fingerprint density at radius 3 is 2.45 bits per heavy atom. The van der Waals surface area contributed by atoms with Gasteiger partial charge in [0, 0.05) is 13.5 Å². The van der Waals surface area contributed by atoms with Crippen molar-refractivity contribution in [3.05, 3.63) is 29.8 Å². The monoisotopic (exact) mass is 282 g/mol. The Hall–Kier alpha value is -2.12. The lowest BCUT2D eigenvalue weighted by molar-refractivity contribution is -0.142. The van der Waals surface area contributed by atoms with E-state index in [1.54, 1.807) is 12.1 Å². The van der Waals surface area contributed by atoms with E-state index >= 15 is 0 Å². The Bertz CT molecular complexity index is 460. The summed E-state index contributed by atoms with van der Waals surface area (Å²) < 4.78 is 4.74. The lowest BCUT2D eigenvalue weighted by atomic mass is 10.1. The second-order valence-electron chi connectivity index (χ2n) is 4.33. The van der Waals surface area contributed by atoms with Crippen LogP contribution in [0.25, 0.3) is 0 Å². The second kappa shape index (κ2) is 7.46. The topological polar surface area (TPSA) is 122 Å². The number of ether oxygens (including phenoxy) is 1. The van der Waals surface area contributed by atoms with E-state index in [1.165, 1.54) is 19.2 Å². The minimum absolute atomic E-state index is 0.0113. The highest BCUT2D eigenvalue weighted by atomic mass is 16.5. The zero-order chi connectivity index (χ0) is 15.1. The first-order chi connectivity index (χ1) is 9.43. The van der Waals surface area contributed by atoms with Crippen LogP contribution in [0.3, 0.4) is 0 Å². The van der Waals surface area contributed by atoms with E-state index in [9.17, 15) is 9.59 Å². The van der Waals surface area contributed by atoms with Gasteiger partial charge in [0.15, 0.2) is 0 Å². The molecule has 110 valence electrons. The van der Waals surface area contributed by atoms with Crippen molar-refractivity contribution in [2.24, 2.45) is 5.73 Å². The average Bonchev–Trinajstić information content (AvgIpc) is 2.40. The second-order valence-corrected chi connectivity index (χ2v) is 4.33. The van der Waals surface area contributed by atoms with Gasteiger partial charge in [-0.1, -0.05) is 12.1 Å². The number of carboxylic acids is 1. The number of hydrogen-bond donors (Lipinski definition) is 4. The maximum atomic E-state index is 11.7. The number of phenols is 1. The normalized spacial score (nSPS) is 13.5. The third-order valence-electron chi connectivity index (χ3n) is 2.67. The average molecular weight is 282 g/mol. The number of aliphatic carboxylic acids is 1. The molecule has 0 fully saturated rings. The van der Waals surface area contributed by atoms with Crippen molar-refractivity contribution < 1.29 is 24.5 Å². The molecule has 2 unspecified atom stereocenters. The van der Waals surface area contributed by atoms with Crippen LogP contribution in [-0.4, -0.2) is 47.9 Å². The molecule has 0 aliphatic carbocycles. The number of nitrogens with two attached hydrogens (primary N) is 1. The van der Waals surface area contributed by atoms with Gasteiger partial charge >= 0.3 is 5.97 Å². The molecule has 0 heterocycles. The van der Waals surface area contributed by atoms with E-state index in [1.807, 2.05) is 0 Å². The van der Waals surface area contributed by atoms with Crippen LogP contribution in [0, 0.1) is 0 Å². The van der Waals surface area contributed by atoms with Crippen LogP contribution in [0.2, 0.25) is 0 Å². The number of hydrogen-bond acceptors (Lipinski definition) is 5. The summed E-state index contributed by atoms with van der Waals surface area (Å²) in [5, 5.41) is 20.6. The number of carboxylic acid groups (broad SMARTS) is 1. The fourth-order valence-electron chi connectivity index (χ4n) is 1.60. The van der Waals surface area contributed by atoms with Gasteiger partial charge in [0.25, 0.3) is 0 Å². The molecule has 0 radical (unpaired) electrons. The summed E-state index contributed by atoms with van der Waals surface area (Å²) in [4.78, 5) is 22.8. The molecule has 2 atom stereocenters. The largest absolute Gasteiger partial charge is 0.508 e. The molecule has 1 amide bonds. The third-order valence-corrected chi connectivity index (χ3v) is 2.67. The predicted octanol–water partition coefficient (Wildman–Crippen LogP) is -0.522. The standard InChI is InChI=1S/C13H18N2O5/c1-20-7-10(14)12(17)15-11(13(18)19)6-8-2-4-9(16)5-3-8/h2-5,10-11,16H,6-7,14H2,1H3,(H,15,17)(H,18,19). The first kappa shape index (κ1) is 15.9. The Labute approximate surface area is 116 Å². The first-order valence-electron chi connectivity index (χ1n) is 5.99. The summed E-state index contributed by atoms with van der Waals surface area (Å²) in [6.45, 7) is 0.0113. The summed E-state index contributed by atoms with van der Waals surface area (Å²) in [5.74, 6) is -1.65. The maximum absolute atomic E-state index is 11.7. The van der Waals surface area contributed by atoms with Gasteiger partial charge in [-0.3, -0.25) is 4.79 Å². The third kappa shape index (κ3) is 4.87. The molecule has 0 aromatic heterocycles. The number of aromatic hydroxyl groups is 1. The van der Waals surface area contributed by atoms with Crippen LogP contribution >= 0.6 is 0 Å². The molecule has 1 rings (SSSR count). The summed E-state index contributed by atoms with van der Waals surface area (Å²) in [5.41, 5.74) is 6.20. The number of rotatable bonds is 7. The van der Waals surface area contributed by atoms with Crippen molar-refractivity contribution in [2.45, 2.75) is 18.5 Å². The van der Waals surface area contributed by atoms with E-state index in [0.29, 0.717) is 5.56 Å². The molecule has 0 saturated carbocycles. The number of nitrogens with one attached hydrogen (secondary N) is 1. The minimum Gasteiger partial charge on any atom is -0.508 e. The van der Waals surface area contributed by atoms with Crippen molar-refractivity contribution in [1.29, 1.82) is 0 Å². The Morgan fingerprint density at radius 2 is 1.95 bits per heavy atom. The number of methoxy groups -OCH3 is 1. The fraction of sp³-hybridized carbons (Fsp3) is 0.385. The number of phenolic OH excluding ortho intramolecular Hbond substituents is 1. The molecule has 0 aliphatic heterocycles. The first-order valence-corrected chi connectivity index (χ1v) is 5.99. The Morgan fingerprint density at radius 1 is 1.35 bits per heavy atom. The predicted molar refractivity (Wildman–Crippen MR) is 71.2 cm³/mol. The number of benzene rings is 1. The van der Waals surface area contributed by atoms with Gasteiger partial charge < -0.3 is 26.0 Å². The van der Waals surface area contributed by atoms with Crippen molar-refractivity contribution in [1.82, 2.24) is 5.32 Å². The van der Waals surface area contributed by atoms with Gasteiger partial charge in [0.05, 0.1) is 6.61 Å². The summed E-state index contributed by atoms with van der Waals surface area (Å²) in [7, 11) is 1.40. The van der Waals surface area contributed by atoms with Crippen LogP contribution in [0.4, 0.5) is 0 Å². The van der Waals surface area contributed by atoms with E-state index in [4.69, 9.17) is 20.7 Å². The number of carbonyl (C=O) groups excluding carboxylic acids is 1. The molecular weight excluding hydrogens is 264 g/mol. The quantitative estimate of drug-likeness (QED) is 0.533. The molecular formula is C13H18N2O5. The summed E-state index contributed by atoms with van der Waals surface area (Å²) in [6.07, 6.45) is 0.0983. The van der Waals surface area contributed by atoms with Crippen LogP contribution in [0.15, 0.2) is 24.3 Å². The Balaban J connectivity index is 2.67. The highest BCUT2D eigenvalue weighted by Gasteiger charge is 2.23. The maximum Gasteiger partial charge on any atom is 0.326 e. The van der Waals surface area contributed by atoms with Crippen molar-refractivity contribution in [3.63, 3.8) is 0 Å². The van der Waals surface area contributed by atoms with Crippen molar-refractivity contribution >= 4 is 11.9 Å². The zero-order valence-electron chi connectivity index (χ0n) is 11.1. The molecule has 0 spiro atoms. The van der Waals surface area contributed by atoms with Crippen LogP contribution in [0.5, 0.6) is 5.75 Å². The molecule has 5 N–H and O–H groups in total. The van der Waals surface area contributed by atoms with Crippen LogP contribution in [0.1, 0.15) is 5.56 Å². The van der Waals surface area contributed by atoms with Crippen LogP contribution in [-0.2, 0) is 20.7 Å². The molecule has 7 heteroatoms. The Kier molecular flexibility index (Phi) is 5.95. The molecule has 20 heavy (non-hydrogen) atoms. The molecule has 0 bridgehead atoms. The van der Waals surface area contributed by atoms with Gasteiger partial charge in [0.1, 0.15) is 17.8 Å². The molecule has 1 aromatic rings. The van der Waals surface area contributed by atoms with Gasteiger partial charge in [-0.15, -0.1) is 0 Å². The van der Waals surface area contributed by atoms with E-state index < -0.39 is 24.0 Å². The van der Waals surface area contributed by atoms with Crippen LogP contribution < -0.4 is 11.1 Å². The molecule has 7 nitrogen and oxygen atoms in total. The lowest BCUT2D eigenvalue weighted by Crippen LogP contribution is -2.50. The van der Waals surface area contributed by atoms with Crippen molar-refractivity contribution in [3.8, 4) is 5.75 Å². The number of amides is 1. The molecule has 1 aromatic carbocycles. The zero-order valence-corrected chi connectivity index (χ0v) is 11.1. The fourth-order valence-corrected chi connectivity index (χ4v) is 1.60. The van der Waals surface area contributed by atoms with Gasteiger partial charge in [-0.25, -0.2) is 4.79 Å². The lowest BCUT2D eigenvalue weighted by Gasteiger charge is -2.17. The molecule has 0 saturated heterocycles. The van der Waals surface area contributed by atoms with E-state index in [2.05, 4.69) is 5.32 Å². The summed E-state index contributed by atoms with van der Waals surface area (Å²) in [6, 6.07) is 4.08. The SMILES string of the molecule is COCC(N)C(=O)NC(Cc1ccc(O)cc1)C(=O)O. The number of carbonyl (C=O) groups is 2. The van der Waals surface area contributed by atoms with Crippen molar-refractivity contribution in [2.75, 3.05) is 13.7 Å². The van der Waals surface area contributed by atoms with Gasteiger partial charge in [0.2, 0.25) is 5.91 Å². The minimum atomic E-state index is -1.16.